The molecule has 0 aliphatic heterocycles. The zero-order valence-corrected chi connectivity index (χ0v) is 14.5. The normalized spacial score (nSPS) is 11.4. The lowest BCUT2D eigenvalue weighted by atomic mass is 10.1. The molecule has 0 atom stereocenters. The molecule has 0 aliphatic rings. The number of anilines is 1. The number of halogens is 3. The number of alkyl halides is 3. The Morgan fingerprint density at radius 3 is 2.38 bits per heavy atom. The summed E-state index contributed by atoms with van der Waals surface area (Å²) in [6, 6.07) is 12.3. The lowest BCUT2D eigenvalue weighted by Crippen LogP contribution is -2.41. The first-order chi connectivity index (χ1) is 12.4. The minimum Gasteiger partial charge on any atom is -0.294 e. The van der Waals surface area contributed by atoms with E-state index in [2.05, 4.69) is 9.97 Å². The number of nitrogens with zero attached hydrogens (tertiary/aromatic N) is 3. The van der Waals surface area contributed by atoms with E-state index in [1.807, 2.05) is 0 Å². The maximum Gasteiger partial charge on any atom is 0.471 e. The summed E-state index contributed by atoms with van der Waals surface area (Å²) in [5, 5.41) is 0.667. The largest absolute Gasteiger partial charge is 0.471 e. The SMILES string of the molecule is CCN(C(=O)C(F)(F)F)c1sc(-c2cccnc2)nc1-c1ccccc1. The lowest BCUT2D eigenvalue weighted by Gasteiger charge is -2.21. The Kier molecular flexibility index (Phi) is 5.03. The Morgan fingerprint density at radius 2 is 1.81 bits per heavy atom. The van der Waals surface area contributed by atoms with Crippen LogP contribution in [0.2, 0.25) is 0 Å². The number of thiazole rings is 1. The quantitative estimate of drug-likeness (QED) is 0.657. The molecule has 0 radical (unpaired) electrons. The molecule has 0 aliphatic carbocycles. The third kappa shape index (κ3) is 3.60. The average Bonchev–Trinajstić information content (AvgIpc) is 3.08. The fraction of sp³-hybridized carbons (Fsp3) is 0.167. The highest BCUT2D eigenvalue weighted by Gasteiger charge is 2.43. The van der Waals surface area contributed by atoms with Gasteiger partial charge in [0.2, 0.25) is 0 Å². The van der Waals surface area contributed by atoms with Gasteiger partial charge in [-0.1, -0.05) is 41.7 Å². The van der Waals surface area contributed by atoms with Crippen LogP contribution in [0.5, 0.6) is 0 Å². The number of pyridine rings is 1. The van der Waals surface area contributed by atoms with E-state index in [9.17, 15) is 18.0 Å². The van der Waals surface area contributed by atoms with E-state index in [1.165, 1.54) is 6.92 Å². The molecule has 8 heteroatoms. The number of hydrogen-bond acceptors (Lipinski definition) is 4. The first kappa shape index (κ1) is 18.1. The van der Waals surface area contributed by atoms with Gasteiger partial charge in [0.05, 0.1) is 0 Å². The van der Waals surface area contributed by atoms with E-state index in [1.54, 1.807) is 54.9 Å². The van der Waals surface area contributed by atoms with Crippen LogP contribution < -0.4 is 4.90 Å². The van der Waals surface area contributed by atoms with Crippen molar-refractivity contribution in [3.8, 4) is 21.8 Å². The van der Waals surface area contributed by atoms with Gasteiger partial charge in [-0.3, -0.25) is 14.7 Å². The molecule has 0 bridgehead atoms. The predicted octanol–water partition coefficient (Wildman–Crippen LogP) is 4.79. The summed E-state index contributed by atoms with van der Waals surface area (Å²) in [6.07, 6.45) is -1.77. The third-order valence-electron chi connectivity index (χ3n) is 3.61. The molecule has 134 valence electrons. The number of amides is 1. The first-order valence-corrected chi connectivity index (χ1v) is 8.58. The standard InChI is InChI=1S/C18H14F3N3OS/c1-2-24(17(25)18(19,20)21)16-14(12-7-4-3-5-8-12)23-15(26-16)13-9-6-10-22-11-13/h3-11H,2H2,1H3. The number of rotatable bonds is 4. The molecule has 3 rings (SSSR count). The number of hydrogen-bond donors (Lipinski definition) is 0. The van der Waals surface area contributed by atoms with Crippen molar-refractivity contribution >= 4 is 22.2 Å². The fourth-order valence-electron chi connectivity index (χ4n) is 2.42. The van der Waals surface area contributed by atoms with Crippen LogP contribution in [0.25, 0.3) is 21.8 Å². The van der Waals surface area contributed by atoms with Crippen LogP contribution in [0.15, 0.2) is 54.9 Å². The minimum atomic E-state index is -4.96. The molecule has 0 saturated heterocycles. The highest BCUT2D eigenvalue weighted by atomic mass is 32.1. The maximum atomic E-state index is 13.0. The Labute approximate surface area is 152 Å². The molecule has 0 N–H and O–H groups in total. The summed E-state index contributed by atoms with van der Waals surface area (Å²) < 4.78 is 39.1. The van der Waals surface area contributed by atoms with Crippen LogP contribution in [0.1, 0.15) is 6.92 Å². The van der Waals surface area contributed by atoms with Crippen molar-refractivity contribution in [3.05, 3.63) is 54.9 Å². The van der Waals surface area contributed by atoms with Crippen LogP contribution in [-0.2, 0) is 4.79 Å². The van der Waals surface area contributed by atoms with Crippen molar-refractivity contribution < 1.29 is 18.0 Å². The van der Waals surface area contributed by atoms with Gasteiger partial charge in [0.1, 0.15) is 15.7 Å². The lowest BCUT2D eigenvalue weighted by molar-refractivity contribution is -0.170. The second-order valence-corrected chi connectivity index (χ2v) is 6.31. The molecule has 3 aromatic rings. The van der Waals surface area contributed by atoms with Crippen LogP contribution in [-0.4, -0.2) is 28.6 Å². The molecular weight excluding hydrogens is 363 g/mol. The number of carbonyl (C=O) groups excluding carboxylic acids is 1. The van der Waals surface area contributed by atoms with Gasteiger partial charge in [-0.25, -0.2) is 4.98 Å². The zero-order chi connectivity index (χ0) is 18.7. The second-order valence-electron chi connectivity index (χ2n) is 5.33. The third-order valence-corrected chi connectivity index (χ3v) is 4.74. The van der Waals surface area contributed by atoms with Gasteiger partial charge in [0, 0.05) is 30.1 Å². The van der Waals surface area contributed by atoms with E-state index in [-0.39, 0.29) is 11.5 Å². The van der Waals surface area contributed by atoms with E-state index in [0.29, 0.717) is 21.8 Å². The molecule has 1 aromatic carbocycles. The maximum absolute atomic E-state index is 13.0. The Hall–Kier alpha value is -2.74. The summed E-state index contributed by atoms with van der Waals surface area (Å²) in [5.74, 6) is -1.90. The molecule has 0 unspecified atom stereocenters. The Morgan fingerprint density at radius 1 is 1.12 bits per heavy atom. The van der Waals surface area contributed by atoms with Crippen molar-refractivity contribution in [3.63, 3.8) is 0 Å². The van der Waals surface area contributed by atoms with Gasteiger partial charge in [0.25, 0.3) is 0 Å². The topological polar surface area (TPSA) is 46.1 Å². The van der Waals surface area contributed by atoms with Crippen LogP contribution in [0.3, 0.4) is 0 Å². The molecule has 26 heavy (non-hydrogen) atoms. The highest BCUT2D eigenvalue weighted by molar-refractivity contribution is 7.19. The molecule has 1 amide bonds. The fourth-order valence-corrected chi connectivity index (χ4v) is 3.57. The molecule has 0 spiro atoms. The second kappa shape index (κ2) is 7.25. The van der Waals surface area contributed by atoms with Gasteiger partial charge in [0.15, 0.2) is 0 Å². The van der Waals surface area contributed by atoms with Crippen molar-refractivity contribution in [2.75, 3.05) is 11.4 Å². The molecule has 2 heterocycles. The van der Waals surface area contributed by atoms with Crippen molar-refractivity contribution in [2.24, 2.45) is 0 Å². The van der Waals surface area contributed by atoms with E-state index >= 15 is 0 Å². The number of benzene rings is 1. The highest BCUT2D eigenvalue weighted by Crippen LogP contribution is 2.41. The Balaban J connectivity index is 2.16. The summed E-state index contributed by atoms with van der Waals surface area (Å²) in [5.41, 5.74) is 1.66. The molecule has 0 saturated carbocycles. The molecule has 0 fully saturated rings. The van der Waals surface area contributed by atoms with Gasteiger partial charge < -0.3 is 0 Å². The van der Waals surface area contributed by atoms with Crippen molar-refractivity contribution in [1.82, 2.24) is 9.97 Å². The van der Waals surface area contributed by atoms with E-state index in [4.69, 9.17) is 0 Å². The van der Waals surface area contributed by atoms with E-state index in [0.717, 1.165) is 16.2 Å². The van der Waals surface area contributed by atoms with Gasteiger partial charge in [-0.2, -0.15) is 13.2 Å². The van der Waals surface area contributed by atoms with E-state index < -0.39 is 12.1 Å². The first-order valence-electron chi connectivity index (χ1n) is 7.77. The average molecular weight is 377 g/mol. The Bertz CT molecular complexity index is 895. The van der Waals surface area contributed by atoms with Gasteiger partial charge in [-0.15, -0.1) is 0 Å². The van der Waals surface area contributed by atoms with Gasteiger partial charge >= 0.3 is 12.1 Å². The van der Waals surface area contributed by atoms with Crippen LogP contribution in [0.4, 0.5) is 18.2 Å². The predicted molar refractivity (Wildman–Crippen MR) is 94.9 cm³/mol. The van der Waals surface area contributed by atoms with Crippen molar-refractivity contribution in [1.29, 1.82) is 0 Å². The smallest absolute Gasteiger partial charge is 0.294 e. The zero-order valence-electron chi connectivity index (χ0n) is 13.7. The monoisotopic (exact) mass is 377 g/mol. The summed E-state index contributed by atoms with van der Waals surface area (Å²) in [7, 11) is 0. The molecule has 4 nitrogen and oxygen atoms in total. The summed E-state index contributed by atoms with van der Waals surface area (Å²) >= 11 is 1.04. The number of carbonyl (C=O) groups is 1. The molecular formula is C18H14F3N3OS. The van der Waals surface area contributed by atoms with Crippen LogP contribution in [0, 0.1) is 0 Å². The summed E-state index contributed by atoms with van der Waals surface area (Å²) in [6.45, 7) is 1.38. The van der Waals surface area contributed by atoms with Crippen molar-refractivity contribution in [2.45, 2.75) is 13.1 Å². The minimum absolute atomic E-state index is 0.118. The summed E-state index contributed by atoms with van der Waals surface area (Å²) in [4.78, 5) is 21.1. The van der Waals surface area contributed by atoms with Crippen LogP contribution >= 0.6 is 11.3 Å². The number of aromatic nitrogens is 2. The molecule has 2 aromatic heterocycles. The van der Waals surface area contributed by atoms with Gasteiger partial charge in [-0.05, 0) is 19.1 Å².